The molecule has 1 N–H and O–H groups in total. The van der Waals surface area contributed by atoms with Gasteiger partial charge in [-0.05, 0) is 36.5 Å². The van der Waals surface area contributed by atoms with E-state index < -0.39 is 21.5 Å². The van der Waals surface area contributed by atoms with Crippen molar-refractivity contribution in [2.45, 2.75) is 49.8 Å². The highest BCUT2D eigenvalue weighted by atomic mass is 32.2. The fourth-order valence-corrected chi connectivity index (χ4v) is 4.53. The zero-order valence-corrected chi connectivity index (χ0v) is 13.8. The third kappa shape index (κ3) is 4.26. The molecule has 1 aliphatic rings. The van der Waals surface area contributed by atoms with Crippen LogP contribution in [0.3, 0.4) is 0 Å². The van der Waals surface area contributed by atoms with Crippen LogP contribution in [0.4, 0.5) is 8.78 Å². The summed E-state index contributed by atoms with van der Waals surface area (Å²) in [6, 6.07) is 3.84. The number of halogens is 2. The molecule has 3 atom stereocenters. The molecule has 1 saturated carbocycles. The van der Waals surface area contributed by atoms with Gasteiger partial charge in [-0.15, -0.1) is 0 Å². The van der Waals surface area contributed by atoms with Gasteiger partial charge in [0.05, 0.1) is 5.25 Å². The predicted octanol–water partition coefficient (Wildman–Crippen LogP) is 3.01. The van der Waals surface area contributed by atoms with Crippen molar-refractivity contribution in [2.24, 2.45) is 0 Å². The first-order chi connectivity index (χ1) is 10.3. The number of hydrogen-bond acceptors (Lipinski definition) is 3. The molecule has 22 heavy (non-hydrogen) atoms. The van der Waals surface area contributed by atoms with Crippen LogP contribution in [0.15, 0.2) is 18.2 Å². The van der Waals surface area contributed by atoms with Crippen LogP contribution < -0.4 is 5.32 Å². The fraction of sp³-hybridized carbons (Fsp3) is 0.625. The molecule has 0 bridgehead atoms. The lowest BCUT2D eigenvalue weighted by molar-refractivity contribution is 0.366. The van der Waals surface area contributed by atoms with Gasteiger partial charge in [-0.3, -0.25) is 0 Å². The van der Waals surface area contributed by atoms with E-state index in [4.69, 9.17) is 0 Å². The highest BCUT2D eigenvalue weighted by molar-refractivity contribution is 7.91. The number of benzene rings is 1. The van der Waals surface area contributed by atoms with E-state index in [1.165, 1.54) is 12.3 Å². The summed E-state index contributed by atoms with van der Waals surface area (Å²) in [7, 11) is -3.07. The summed E-state index contributed by atoms with van der Waals surface area (Å²) in [4.78, 5) is 0. The Balaban J connectivity index is 1.99. The molecule has 3 nitrogen and oxygen atoms in total. The Morgan fingerprint density at radius 2 is 1.91 bits per heavy atom. The van der Waals surface area contributed by atoms with Gasteiger partial charge in [0.2, 0.25) is 0 Å². The lowest BCUT2D eigenvalue weighted by atomic mass is 9.93. The quantitative estimate of drug-likeness (QED) is 0.902. The normalized spacial score (nSPS) is 24.2. The maximum Gasteiger partial charge on any atom is 0.159 e. The van der Waals surface area contributed by atoms with Gasteiger partial charge in [0.15, 0.2) is 21.5 Å². The molecule has 1 aromatic carbocycles. The standard InChI is InChI=1S/C16H23F2NO2S/c1-11(12-7-8-13(17)14(18)9-12)10-19-15-5-3-4-6-16(15)22(2,20)21/h7-9,11,15-16,19H,3-6,10H2,1-2H3/t11-,15+,16+/m1/s1. The molecule has 0 heterocycles. The van der Waals surface area contributed by atoms with Crippen LogP contribution in [-0.2, 0) is 9.84 Å². The first-order valence-electron chi connectivity index (χ1n) is 7.66. The Hall–Kier alpha value is -1.01. The van der Waals surface area contributed by atoms with Gasteiger partial charge in [0.1, 0.15) is 0 Å². The minimum atomic E-state index is -3.07. The lowest BCUT2D eigenvalue weighted by Gasteiger charge is -2.32. The number of sulfone groups is 1. The van der Waals surface area contributed by atoms with Gasteiger partial charge >= 0.3 is 0 Å². The fourth-order valence-electron chi connectivity index (χ4n) is 3.11. The molecular weight excluding hydrogens is 308 g/mol. The highest BCUT2D eigenvalue weighted by Gasteiger charge is 2.32. The molecule has 124 valence electrons. The van der Waals surface area contributed by atoms with Crippen LogP contribution >= 0.6 is 0 Å². The van der Waals surface area contributed by atoms with E-state index in [0.717, 1.165) is 25.3 Å². The van der Waals surface area contributed by atoms with E-state index >= 15 is 0 Å². The van der Waals surface area contributed by atoms with Crippen molar-refractivity contribution in [1.82, 2.24) is 5.32 Å². The van der Waals surface area contributed by atoms with Crippen molar-refractivity contribution in [3.05, 3.63) is 35.4 Å². The molecule has 0 aliphatic heterocycles. The van der Waals surface area contributed by atoms with Crippen molar-refractivity contribution in [3.63, 3.8) is 0 Å². The molecule has 2 rings (SSSR count). The van der Waals surface area contributed by atoms with Crippen LogP contribution in [0.5, 0.6) is 0 Å². The van der Waals surface area contributed by atoms with Gasteiger partial charge in [-0.25, -0.2) is 17.2 Å². The predicted molar refractivity (Wildman–Crippen MR) is 83.7 cm³/mol. The van der Waals surface area contributed by atoms with Crippen LogP contribution in [0.1, 0.15) is 44.1 Å². The average molecular weight is 331 g/mol. The minimum absolute atomic E-state index is 0.0164. The maximum absolute atomic E-state index is 13.3. The monoisotopic (exact) mass is 331 g/mol. The minimum Gasteiger partial charge on any atom is -0.312 e. The van der Waals surface area contributed by atoms with E-state index in [2.05, 4.69) is 5.32 Å². The number of rotatable bonds is 5. The molecule has 0 unspecified atom stereocenters. The summed E-state index contributed by atoms with van der Waals surface area (Å²) in [5.74, 6) is -1.72. The molecular formula is C16H23F2NO2S. The van der Waals surface area contributed by atoms with Crippen molar-refractivity contribution in [3.8, 4) is 0 Å². The summed E-state index contributed by atoms with van der Waals surface area (Å²) < 4.78 is 50.0. The Morgan fingerprint density at radius 1 is 1.23 bits per heavy atom. The Kier molecular flexibility index (Phi) is 5.55. The second-order valence-corrected chi connectivity index (χ2v) is 8.51. The SMILES string of the molecule is C[C@H](CN[C@H]1CCCC[C@@H]1S(C)(=O)=O)c1ccc(F)c(F)c1. The second kappa shape index (κ2) is 7.04. The summed E-state index contributed by atoms with van der Waals surface area (Å²) in [5.41, 5.74) is 0.707. The van der Waals surface area contributed by atoms with Gasteiger partial charge in [-0.1, -0.05) is 25.8 Å². The van der Waals surface area contributed by atoms with Crippen LogP contribution in [-0.4, -0.2) is 32.5 Å². The topological polar surface area (TPSA) is 46.2 Å². The first-order valence-corrected chi connectivity index (χ1v) is 9.61. The molecule has 0 saturated heterocycles. The molecule has 1 aliphatic carbocycles. The molecule has 1 fully saturated rings. The average Bonchev–Trinajstić information content (AvgIpc) is 2.47. The van der Waals surface area contributed by atoms with Crippen molar-refractivity contribution >= 4 is 9.84 Å². The van der Waals surface area contributed by atoms with Gasteiger partial charge in [0.25, 0.3) is 0 Å². The molecule has 0 spiro atoms. The van der Waals surface area contributed by atoms with Gasteiger partial charge in [0, 0.05) is 18.8 Å². The smallest absolute Gasteiger partial charge is 0.159 e. The van der Waals surface area contributed by atoms with Crippen LogP contribution in [0, 0.1) is 11.6 Å². The molecule has 0 aromatic heterocycles. The maximum atomic E-state index is 13.3. The summed E-state index contributed by atoms with van der Waals surface area (Å²) in [6.07, 6.45) is 4.77. The summed E-state index contributed by atoms with van der Waals surface area (Å²) in [5, 5.41) is 2.97. The summed E-state index contributed by atoms with van der Waals surface area (Å²) in [6.45, 7) is 2.46. The first kappa shape index (κ1) is 17.3. The van der Waals surface area contributed by atoms with Gasteiger partial charge < -0.3 is 5.32 Å². The third-order valence-electron chi connectivity index (χ3n) is 4.45. The summed E-state index contributed by atoms with van der Waals surface area (Å²) >= 11 is 0. The Morgan fingerprint density at radius 3 is 2.55 bits per heavy atom. The van der Waals surface area contributed by atoms with E-state index in [9.17, 15) is 17.2 Å². The molecule has 1 aromatic rings. The van der Waals surface area contributed by atoms with Crippen molar-refractivity contribution in [2.75, 3.05) is 12.8 Å². The number of hydrogen-bond donors (Lipinski definition) is 1. The molecule has 0 amide bonds. The molecule has 0 radical (unpaired) electrons. The number of nitrogens with one attached hydrogen (secondary N) is 1. The third-order valence-corrected chi connectivity index (χ3v) is 6.12. The van der Waals surface area contributed by atoms with Crippen molar-refractivity contribution in [1.29, 1.82) is 0 Å². The lowest BCUT2D eigenvalue weighted by Crippen LogP contribution is -2.47. The van der Waals surface area contributed by atoms with E-state index in [1.54, 1.807) is 6.07 Å². The second-order valence-electron chi connectivity index (χ2n) is 6.24. The van der Waals surface area contributed by atoms with E-state index in [-0.39, 0.29) is 17.2 Å². The molecule has 6 heteroatoms. The Bertz CT molecular complexity index is 619. The van der Waals surface area contributed by atoms with Crippen molar-refractivity contribution < 1.29 is 17.2 Å². The van der Waals surface area contributed by atoms with Crippen LogP contribution in [0.25, 0.3) is 0 Å². The van der Waals surface area contributed by atoms with E-state index in [1.807, 2.05) is 6.92 Å². The highest BCUT2D eigenvalue weighted by Crippen LogP contribution is 2.25. The Labute approximate surface area is 131 Å². The van der Waals surface area contributed by atoms with Gasteiger partial charge in [-0.2, -0.15) is 0 Å². The largest absolute Gasteiger partial charge is 0.312 e. The van der Waals surface area contributed by atoms with Crippen LogP contribution in [0.2, 0.25) is 0 Å². The zero-order valence-electron chi connectivity index (χ0n) is 13.0. The van der Waals surface area contributed by atoms with E-state index in [0.29, 0.717) is 18.5 Å². The zero-order chi connectivity index (χ0) is 16.3.